The Kier molecular flexibility index (Phi) is 6.39. The monoisotopic (exact) mass is 329 g/mol. The molecule has 21 heavy (non-hydrogen) atoms. The summed E-state index contributed by atoms with van der Waals surface area (Å²) in [5, 5.41) is 10.7. The molecule has 0 atom stereocenters. The van der Waals surface area contributed by atoms with Gasteiger partial charge in [-0.1, -0.05) is 23.2 Å². The summed E-state index contributed by atoms with van der Waals surface area (Å²) in [4.78, 5) is 8.71. The number of aliphatic imine (C=N–C) groups is 1. The van der Waals surface area contributed by atoms with Gasteiger partial charge in [0.2, 0.25) is 0 Å². The lowest BCUT2D eigenvalue weighted by Crippen LogP contribution is -2.39. The fraction of sp³-hybridized carbons (Fsp3) is 0.571. The van der Waals surface area contributed by atoms with E-state index in [1.807, 2.05) is 0 Å². The van der Waals surface area contributed by atoms with E-state index in [-0.39, 0.29) is 0 Å². The van der Waals surface area contributed by atoms with E-state index in [0.29, 0.717) is 22.4 Å². The summed E-state index contributed by atoms with van der Waals surface area (Å²) in [5.74, 6) is 2.29. The predicted molar refractivity (Wildman–Crippen MR) is 89.5 cm³/mol. The van der Waals surface area contributed by atoms with Gasteiger partial charge in [-0.2, -0.15) is 0 Å². The van der Waals surface area contributed by atoms with Gasteiger partial charge in [0.25, 0.3) is 0 Å². The lowest BCUT2D eigenvalue weighted by Gasteiger charge is -2.12. The minimum Gasteiger partial charge on any atom is -0.367 e. The van der Waals surface area contributed by atoms with Crippen molar-refractivity contribution in [2.24, 2.45) is 10.9 Å². The average molecular weight is 330 g/mol. The Balaban J connectivity index is 1.72. The highest BCUT2D eigenvalue weighted by molar-refractivity contribution is 6.35. The zero-order valence-electron chi connectivity index (χ0n) is 12.1. The SMILES string of the molecule is CCNC(=NCC1CC1)NCCNc1ncc(Cl)cc1Cl. The molecule has 0 bridgehead atoms. The molecule has 0 aromatic carbocycles. The first-order valence-electron chi connectivity index (χ1n) is 7.26. The first-order chi connectivity index (χ1) is 10.2. The second kappa shape index (κ2) is 8.29. The number of aromatic nitrogens is 1. The minimum absolute atomic E-state index is 0.525. The smallest absolute Gasteiger partial charge is 0.191 e. The summed E-state index contributed by atoms with van der Waals surface area (Å²) in [5.41, 5.74) is 0. The van der Waals surface area contributed by atoms with E-state index < -0.39 is 0 Å². The number of anilines is 1. The maximum atomic E-state index is 6.05. The Morgan fingerprint density at radius 1 is 1.33 bits per heavy atom. The zero-order chi connectivity index (χ0) is 15.1. The van der Waals surface area contributed by atoms with Gasteiger partial charge in [-0.15, -0.1) is 0 Å². The van der Waals surface area contributed by atoms with Crippen LogP contribution in [0.1, 0.15) is 19.8 Å². The van der Waals surface area contributed by atoms with Gasteiger partial charge in [0, 0.05) is 32.4 Å². The second-order valence-corrected chi connectivity index (χ2v) is 5.84. The molecular weight excluding hydrogens is 309 g/mol. The van der Waals surface area contributed by atoms with Crippen molar-refractivity contribution >= 4 is 35.0 Å². The normalized spacial score (nSPS) is 14.9. The molecule has 2 rings (SSSR count). The van der Waals surface area contributed by atoms with Crippen molar-refractivity contribution in [2.75, 3.05) is 31.5 Å². The standard InChI is InChI=1S/C14H21Cl2N5/c1-2-17-14(21-8-10-3-4-10)19-6-5-18-13-12(16)7-11(15)9-20-13/h7,9-10H,2-6,8H2,1H3,(H,18,20)(H2,17,19,21). The van der Waals surface area contributed by atoms with Crippen molar-refractivity contribution < 1.29 is 0 Å². The Labute approximate surface area is 135 Å². The summed E-state index contributed by atoms with van der Waals surface area (Å²) in [6.07, 6.45) is 4.20. The first-order valence-corrected chi connectivity index (χ1v) is 8.01. The molecule has 1 aromatic rings. The Morgan fingerprint density at radius 3 is 2.81 bits per heavy atom. The summed E-state index contributed by atoms with van der Waals surface area (Å²) in [7, 11) is 0. The van der Waals surface area contributed by atoms with Crippen LogP contribution in [-0.4, -0.2) is 37.1 Å². The highest BCUT2D eigenvalue weighted by Crippen LogP contribution is 2.28. The number of halogens is 2. The molecule has 1 heterocycles. The van der Waals surface area contributed by atoms with E-state index in [1.54, 1.807) is 12.3 Å². The van der Waals surface area contributed by atoms with Crippen LogP contribution in [-0.2, 0) is 0 Å². The highest BCUT2D eigenvalue weighted by Gasteiger charge is 2.20. The molecule has 0 spiro atoms. The van der Waals surface area contributed by atoms with E-state index in [2.05, 4.69) is 32.9 Å². The first kappa shape index (κ1) is 16.2. The molecule has 1 aliphatic carbocycles. The summed E-state index contributed by atoms with van der Waals surface area (Å²) in [6.45, 7) is 5.26. The van der Waals surface area contributed by atoms with Gasteiger partial charge < -0.3 is 16.0 Å². The van der Waals surface area contributed by atoms with Crippen LogP contribution in [0.4, 0.5) is 5.82 Å². The fourth-order valence-electron chi connectivity index (χ4n) is 1.77. The van der Waals surface area contributed by atoms with Crippen molar-refractivity contribution in [3.05, 3.63) is 22.3 Å². The van der Waals surface area contributed by atoms with Crippen LogP contribution < -0.4 is 16.0 Å². The molecular formula is C14H21Cl2N5. The molecule has 0 unspecified atom stereocenters. The maximum Gasteiger partial charge on any atom is 0.191 e. The summed E-state index contributed by atoms with van der Waals surface area (Å²) >= 11 is 11.9. The van der Waals surface area contributed by atoms with Crippen LogP contribution in [0, 0.1) is 5.92 Å². The molecule has 0 amide bonds. The van der Waals surface area contributed by atoms with Crippen molar-refractivity contribution in [3.63, 3.8) is 0 Å². The molecule has 1 fully saturated rings. The third-order valence-electron chi connectivity index (χ3n) is 3.07. The average Bonchev–Trinajstić information content (AvgIpc) is 3.26. The van der Waals surface area contributed by atoms with Crippen LogP contribution in [0.2, 0.25) is 10.0 Å². The Hall–Kier alpha value is -1.20. The topological polar surface area (TPSA) is 61.3 Å². The molecule has 5 nitrogen and oxygen atoms in total. The predicted octanol–water partition coefficient (Wildman–Crippen LogP) is 2.77. The van der Waals surface area contributed by atoms with Crippen molar-refractivity contribution in [3.8, 4) is 0 Å². The molecule has 3 N–H and O–H groups in total. The number of nitrogens with one attached hydrogen (secondary N) is 3. The number of pyridine rings is 1. The molecule has 0 radical (unpaired) electrons. The quantitative estimate of drug-likeness (QED) is 0.409. The summed E-state index contributed by atoms with van der Waals surface area (Å²) < 4.78 is 0. The Bertz CT molecular complexity index is 488. The van der Waals surface area contributed by atoms with E-state index in [4.69, 9.17) is 23.2 Å². The summed E-state index contributed by atoms with van der Waals surface area (Å²) in [6, 6.07) is 1.67. The number of guanidine groups is 1. The lowest BCUT2D eigenvalue weighted by atomic mass is 10.4. The van der Waals surface area contributed by atoms with Gasteiger partial charge in [0.1, 0.15) is 5.82 Å². The lowest BCUT2D eigenvalue weighted by molar-refractivity contribution is 0.787. The minimum atomic E-state index is 0.525. The van der Waals surface area contributed by atoms with Gasteiger partial charge in [0.15, 0.2) is 5.96 Å². The second-order valence-electron chi connectivity index (χ2n) is 5.00. The molecule has 7 heteroatoms. The van der Waals surface area contributed by atoms with Gasteiger partial charge in [0.05, 0.1) is 10.0 Å². The maximum absolute atomic E-state index is 6.05. The van der Waals surface area contributed by atoms with Crippen LogP contribution in [0.3, 0.4) is 0 Å². The van der Waals surface area contributed by atoms with E-state index >= 15 is 0 Å². The van der Waals surface area contributed by atoms with E-state index in [0.717, 1.165) is 31.5 Å². The van der Waals surface area contributed by atoms with Gasteiger partial charge in [-0.3, -0.25) is 4.99 Å². The van der Waals surface area contributed by atoms with Crippen LogP contribution in [0.5, 0.6) is 0 Å². The van der Waals surface area contributed by atoms with Crippen molar-refractivity contribution in [1.82, 2.24) is 15.6 Å². The van der Waals surface area contributed by atoms with Gasteiger partial charge in [-0.25, -0.2) is 4.98 Å². The van der Waals surface area contributed by atoms with Crippen LogP contribution >= 0.6 is 23.2 Å². The highest BCUT2D eigenvalue weighted by atomic mass is 35.5. The molecule has 0 aliphatic heterocycles. The molecule has 0 saturated heterocycles. The van der Waals surface area contributed by atoms with Gasteiger partial charge >= 0.3 is 0 Å². The fourth-order valence-corrected chi connectivity index (χ4v) is 2.22. The molecule has 1 saturated carbocycles. The number of hydrogen-bond acceptors (Lipinski definition) is 3. The van der Waals surface area contributed by atoms with Gasteiger partial charge in [-0.05, 0) is 31.7 Å². The number of rotatable bonds is 7. The van der Waals surface area contributed by atoms with E-state index in [9.17, 15) is 0 Å². The molecule has 1 aliphatic rings. The third-order valence-corrected chi connectivity index (χ3v) is 3.56. The van der Waals surface area contributed by atoms with Crippen LogP contribution in [0.15, 0.2) is 17.3 Å². The Morgan fingerprint density at radius 2 is 2.14 bits per heavy atom. The zero-order valence-corrected chi connectivity index (χ0v) is 13.6. The number of hydrogen-bond donors (Lipinski definition) is 3. The molecule has 1 aromatic heterocycles. The van der Waals surface area contributed by atoms with Crippen molar-refractivity contribution in [2.45, 2.75) is 19.8 Å². The van der Waals surface area contributed by atoms with Crippen molar-refractivity contribution in [1.29, 1.82) is 0 Å². The van der Waals surface area contributed by atoms with Crippen LogP contribution in [0.25, 0.3) is 0 Å². The largest absolute Gasteiger partial charge is 0.367 e. The third kappa shape index (κ3) is 5.98. The number of nitrogens with zero attached hydrogens (tertiary/aromatic N) is 2. The van der Waals surface area contributed by atoms with E-state index in [1.165, 1.54) is 12.8 Å². The molecule has 116 valence electrons.